The van der Waals surface area contributed by atoms with E-state index in [1.165, 1.54) is 6.20 Å². The molecular formula is C8H11ClF2N2O. The molecule has 80 valence electrons. The van der Waals surface area contributed by atoms with Gasteiger partial charge in [0, 0.05) is 12.8 Å². The smallest absolute Gasteiger partial charge is 0.257 e. The molecule has 0 aliphatic heterocycles. The molecule has 0 amide bonds. The molecule has 1 rings (SSSR count). The van der Waals surface area contributed by atoms with Gasteiger partial charge in [-0.2, -0.15) is 5.10 Å². The third-order valence-corrected chi connectivity index (χ3v) is 1.87. The van der Waals surface area contributed by atoms with Gasteiger partial charge in [0.1, 0.15) is 12.2 Å². The molecule has 0 bridgehead atoms. The van der Waals surface area contributed by atoms with Crippen LogP contribution < -0.4 is 0 Å². The van der Waals surface area contributed by atoms with Crippen molar-refractivity contribution in [1.82, 2.24) is 9.78 Å². The zero-order valence-corrected chi connectivity index (χ0v) is 8.47. The molecule has 0 aliphatic carbocycles. The molecule has 0 fully saturated rings. The van der Waals surface area contributed by atoms with E-state index in [1.54, 1.807) is 0 Å². The number of nitrogens with zero attached hydrogens (tertiary/aromatic N) is 2. The van der Waals surface area contributed by atoms with Crippen LogP contribution in [0.2, 0.25) is 5.02 Å². The molecule has 0 unspecified atom stereocenters. The Labute approximate surface area is 85.6 Å². The molecule has 0 saturated heterocycles. The fourth-order valence-corrected chi connectivity index (χ4v) is 1.17. The van der Waals surface area contributed by atoms with Gasteiger partial charge < -0.3 is 4.74 Å². The lowest BCUT2D eigenvalue weighted by atomic mass is 10.5. The predicted molar refractivity (Wildman–Crippen MR) is 48.6 cm³/mol. The van der Waals surface area contributed by atoms with Crippen molar-refractivity contribution < 1.29 is 13.5 Å². The number of alkyl halides is 2. The normalized spacial score (nSPS) is 11.2. The molecule has 0 atom stereocenters. The number of hydrogen-bond acceptors (Lipinski definition) is 2. The molecule has 0 radical (unpaired) electrons. The summed E-state index contributed by atoms with van der Waals surface area (Å²) in [5.41, 5.74) is 0.495. The summed E-state index contributed by atoms with van der Waals surface area (Å²) in [6, 6.07) is 0. The minimum Gasteiger partial charge on any atom is -0.375 e. The number of ether oxygens (including phenoxy) is 1. The molecule has 1 aromatic rings. The Morgan fingerprint density at radius 1 is 1.64 bits per heavy atom. The highest BCUT2D eigenvalue weighted by molar-refractivity contribution is 6.31. The average molecular weight is 225 g/mol. The van der Waals surface area contributed by atoms with Crippen LogP contribution in [0.25, 0.3) is 0 Å². The summed E-state index contributed by atoms with van der Waals surface area (Å²) in [7, 11) is 0. The van der Waals surface area contributed by atoms with E-state index in [0.29, 0.717) is 17.3 Å². The van der Waals surface area contributed by atoms with Crippen LogP contribution in [0.4, 0.5) is 8.78 Å². The van der Waals surface area contributed by atoms with E-state index in [2.05, 4.69) is 5.10 Å². The molecule has 6 heteroatoms. The number of halogens is 3. The van der Waals surface area contributed by atoms with Gasteiger partial charge in [0.15, 0.2) is 0 Å². The molecule has 1 heterocycles. The molecule has 0 N–H and O–H groups in total. The highest BCUT2D eigenvalue weighted by Crippen LogP contribution is 2.15. The van der Waals surface area contributed by atoms with Crippen molar-refractivity contribution in [3.8, 4) is 0 Å². The summed E-state index contributed by atoms with van der Waals surface area (Å²) in [5.74, 6) is 0. The van der Waals surface area contributed by atoms with Gasteiger partial charge in [0.25, 0.3) is 6.43 Å². The minimum atomic E-state index is -2.43. The third kappa shape index (κ3) is 3.23. The van der Waals surface area contributed by atoms with E-state index >= 15 is 0 Å². The Hall–Kier alpha value is -0.680. The van der Waals surface area contributed by atoms with Gasteiger partial charge in [-0.15, -0.1) is 0 Å². The maximum Gasteiger partial charge on any atom is 0.257 e. The van der Waals surface area contributed by atoms with Crippen molar-refractivity contribution in [2.45, 2.75) is 26.5 Å². The summed E-state index contributed by atoms with van der Waals surface area (Å²) in [5, 5.41) is 4.23. The Morgan fingerprint density at radius 3 is 2.93 bits per heavy atom. The number of aromatic nitrogens is 2. The molecule has 3 nitrogen and oxygen atoms in total. The fraction of sp³-hybridized carbons (Fsp3) is 0.625. The molecule has 1 aromatic heterocycles. The zero-order valence-electron chi connectivity index (χ0n) is 7.71. The second-order valence-corrected chi connectivity index (χ2v) is 3.08. The summed E-state index contributed by atoms with van der Waals surface area (Å²) in [4.78, 5) is 0. The van der Waals surface area contributed by atoms with Crippen molar-refractivity contribution in [3.05, 3.63) is 16.9 Å². The summed E-state index contributed by atoms with van der Waals surface area (Å²) < 4.78 is 30.2. The van der Waals surface area contributed by atoms with Crippen LogP contribution in [0.3, 0.4) is 0 Å². The Kier molecular flexibility index (Phi) is 4.28. The van der Waals surface area contributed by atoms with Crippen LogP contribution >= 0.6 is 11.6 Å². The first-order valence-corrected chi connectivity index (χ1v) is 4.59. The Balaban J connectivity index is 2.62. The van der Waals surface area contributed by atoms with E-state index < -0.39 is 13.0 Å². The van der Waals surface area contributed by atoms with Gasteiger partial charge in [-0.25, -0.2) is 8.78 Å². The van der Waals surface area contributed by atoms with E-state index in [9.17, 15) is 8.78 Å². The first-order chi connectivity index (χ1) is 6.63. The van der Waals surface area contributed by atoms with Crippen molar-refractivity contribution in [2.24, 2.45) is 0 Å². The predicted octanol–water partition coefficient (Wildman–Crippen LogP) is 2.34. The Morgan fingerprint density at radius 2 is 2.36 bits per heavy atom. The molecular weight excluding hydrogens is 214 g/mol. The second kappa shape index (κ2) is 5.26. The van der Waals surface area contributed by atoms with Crippen LogP contribution in [-0.2, 0) is 17.9 Å². The lowest BCUT2D eigenvalue weighted by Crippen LogP contribution is -2.07. The monoisotopic (exact) mass is 224 g/mol. The first kappa shape index (κ1) is 11.4. The van der Waals surface area contributed by atoms with Gasteiger partial charge in [-0.1, -0.05) is 11.6 Å². The lowest BCUT2D eigenvalue weighted by molar-refractivity contribution is 0.117. The fourth-order valence-electron chi connectivity index (χ4n) is 0.969. The highest BCUT2D eigenvalue weighted by atomic mass is 35.5. The Bertz CT molecular complexity index is 291. The molecule has 0 aromatic carbocycles. The molecule has 0 saturated carbocycles. The van der Waals surface area contributed by atoms with Gasteiger partial charge in [0.2, 0.25) is 0 Å². The average Bonchev–Trinajstić information content (AvgIpc) is 2.41. The van der Waals surface area contributed by atoms with E-state index in [0.717, 1.165) is 4.68 Å². The molecule has 0 spiro atoms. The first-order valence-electron chi connectivity index (χ1n) is 4.21. The lowest BCUT2D eigenvalue weighted by Gasteiger charge is -1.99. The topological polar surface area (TPSA) is 27.1 Å². The maximum absolute atomic E-state index is 12.0. The van der Waals surface area contributed by atoms with E-state index in [1.807, 2.05) is 6.92 Å². The van der Waals surface area contributed by atoms with Crippen molar-refractivity contribution in [3.63, 3.8) is 0 Å². The zero-order chi connectivity index (χ0) is 10.6. The van der Waals surface area contributed by atoms with Crippen LogP contribution in [0, 0.1) is 0 Å². The minimum absolute atomic E-state index is 0.256. The molecule has 0 aliphatic rings. The van der Waals surface area contributed by atoms with Crippen LogP contribution in [-0.4, -0.2) is 22.8 Å². The summed E-state index contributed by atoms with van der Waals surface area (Å²) in [6.07, 6.45) is -1.05. The summed E-state index contributed by atoms with van der Waals surface area (Å²) in [6.45, 7) is 2.19. The third-order valence-electron chi connectivity index (χ3n) is 1.56. The van der Waals surface area contributed by atoms with E-state index in [4.69, 9.17) is 16.3 Å². The van der Waals surface area contributed by atoms with Gasteiger partial charge in [-0.3, -0.25) is 4.68 Å². The largest absolute Gasteiger partial charge is 0.375 e. The van der Waals surface area contributed by atoms with Crippen LogP contribution in [0.5, 0.6) is 0 Å². The number of hydrogen-bond donors (Lipinski definition) is 0. The van der Waals surface area contributed by atoms with Crippen molar-refractivity contribution >= 4 is 11.6 Å². The number of rotatable bonds is 5. The standard InChI is InChI=1S/C8H11ClF2N2O/c1-2-14-5-7-6(9)3-13(12-7)4-8(10)11/h3,8H,2,4-5H2,1H3. The second-order valence-electron chi connectivity index (χ2n) is 2.67. The summed E-state index contributed by atoms with van der Waals surface area (Å²) >= 11 is 5.76. The molecule has 14 heavy (non-hydrogen) atoms. The SMILES string of the molecule is CCOCc1nn(CC(F)F)cc1Cl. The van der Waals surface area contributed by atoms with Gasteiger partial charge in [0.05, 0.1) is 11.6 Å². The van der Waals surface area contributed by atoms with Crippen molar-refractivity contribution in [2.75, 3.05) is 6.61 Å². The van der Waals surface area contributed by atoms with E-state index in [-0.39, 0.29) is 6.61 Å². The van der Waals surface area contributed by atoms with Crippen LogP contribution in [0.1, 0.15) is 12.6 Å². The van der Waals surface area contributed by atoms with Gasteiger partial charge >= 0.3 is 0 Å². The van der Waals surface area contributed by atoms with Crippen molar-refractivity contribution in [1.29, 1.82) is 0 Å². The van der Waals surface area contributed by atoms with Gasteiger partial charge in [-0.05, 0) is 6.92 Å². The maximum atomic E-state index is 12.0. The quantitative estimate of drug-likeness (QED) is 0.768. The van der Waals surface area contributed by atoms with Crippen LogP contribution in [0.15, 0.2) is 6.20 Å². The highest BCUT2D eigenvalue weighted by Gasteiger charge is 2.10.